The number of anilines is 1. The Hall–Kier alpha value is -2.63. The van der Waals surface area contributed by atoms with Gasteiger partial charge in [-0.2, -0.15) is 5.10 Å². The van der Waals surface area contributed by atoms with E-state index in [2.05, 4.69) is 45.1 Å². The van der Waals surface area contributed by atoms with Gasteiger partial charge in [-0.3, -0.25) is 9.48 Å². The van der Waals surface area contributed by atoms with Gasteiger partial charge in [0, 0.05) is 19.3 Å². The summed E-state index contributed by atoms with van der Waals surface area (Å²) in [5.41, 5.74) is 4.46. The van der Waals surface area contributed by atoms with Crippen LogP contribution in [0.1, 0.15) is 17.0 Å². The number of fused-ring (bicyclic) bond motifs is 2. The zero-order chi connectivity index (χ0) is 15.3. The molecule has 22 heavy (non-hydrogen) atoms. The number of hydrogen-bond donors (Lipinski definition) is 1. The van der Waals surface area contributed by atoms with Gasteiger partial charge < -0.3 is 9.88 Å². The van der Waals surface area contributed by atoms with Crippen molar-refractivity contribution in [2.75, 3.05) is 11.4 Å². The Morgan fingerprint density at radius 2 is 2.23 bits per heavy atom. The Bertz CT molecular complexity index is 924. The van der Waals surface area contributed by atoms with E-state index in [4.69, 9.17) is 0 Å². The molecule has 1 aromatic carbocycles. The van der Waals surface area contributed by atoms with Crippen LogP contribution in [0.4, 0.5) is 5.69 Å². The second-order valence-corrected chi connectivity index (χ2v) is 5.76. The summed E-state index contributed by atoms with van der Waals surface area (Å²) in [7, 11) is 1.80. The molecule has 0 bridgehead atoms. The van der Waals surface area contributed by atoms with E-state index in [-0.39, 0.29) is 5.56 Å². The van der Waals surface area contributed by atoms with Crippen LogP contribution < -0.4 is 10.5 Å². The van der Waals surface area contributed by atoms with Crippen LogP contribution in [0.25, 0.3) is 11.0 Å². The molecule has 0 saturated heterocycles. The van der Waals surface area contributed by atoms with Crippen molar-refractivity contribution in [2.45, 2.75) is 19.9 Å². The Kier molecular flexibility index (Phi) is 2.79. The summed E-state index contributed by atoms with van der Waals surface area (Å²) in [6.07, 6.45) is 2.60. The molecule has 6 heteroatoms. The zero-order valence-electron chi connectivity index (χ0n) is 12.6. The number of aromatic amines is 1. The van der Waals surface area contributed by atoms with Crippen LogP contribution in [0.5, 0.6) is 0 Å². The minimum atomic E-state index is -0.128. The summed E-state index contributed by atoms with van der Waals surface area (Å²) in [5.74, 6) is 0.676. The first-order valence-electron chi connectivity index (χ1n) is 7.38. The third kappa shape index (κ3) is 1.91. The molecule has 0 amide bonds. The highest BCUT2D eigenvalue weighted by molar-refractivity contribution is 5.73. The topological polar surface area (TPSA) is 66.8 Å². The van der Waals surface area contributed by atoms with Gasteiger partial charge in [-0.15, -0.1) is 0 Å². The molecule has 0 fully saturated rings. The fraction of sp³-hybridized carbons (Fsp3) is 0.312. The second-order valence-electron chi connectivity index (χ2n) is 5.76. The molecule has 0 atom stereocenters. The first-order valence-corrected chi connectivity index (χ1v) is 7.38. The van der Waals surface area contributed by atoms with E-state index < -0.39 is 0 Å². The number of hydrogen-bond acceptors (Lipinski definition) is 4. The van der Waals surface area contributed by atoms with Gasteiger partial charge in [0.15, 0.2) is 5.65 Å². The average Bonchev–Trinajstić information content (AvgIpc) is 3.06. The molecule has 2 aromatic heterocycles. The van der Waals surface area contributed by atoms with Crippen LogP contribution >= 0.6 is 0 Å². The lowest BCUT2D eigenvalue weighted by Crippen LogP contribution is -2.23. The molecule has 6 nitrogen and oxygen atoms in total. The van der Waals surface area contributed by atoms with Crippen molar-refractivity contribution in [1.82, 2.24) is 19.7 Å². The number of nitrogens with one attached hydrogen (secondary N) is 1. The highest BCUT2D eigenvalue weighted by Crippen LogP contribution is 2.31. The first-order chi connectivity index (χ1) is 10.6. The first kappa shape index (κ1) is 13.1. The lowest BCUT2D eigenvalue weighted by atomic mass is 10.1. The van der Waals surface area contributed by atoms with Crippen LogP contribution in [-0.4, -0.2) is 26.3 Å². The number of aryl methyl sites for hydroxylation is 2. The van der Waals surface area contributed by atoms with Crippen LogP contribution in [0.3, 0.4) is 0 Å². The molecular formula is C16H17N5O. The monoisotopic (exact) mass is 295 g/mol. The lowest BCUT2D eigenvalue weighted by Gasteiger charge is -2.18. The quantitative estimate of drug-likeness (QED) is 0.778. The molecule has 0 unspecified atom stereocenters. The fourth-order valence-electron chi connectivity index (χ4n) is 3.17. The highest BCUT2D eigenvalue weighted by atomic mass is 16.1. The minimum absolute atomic E-state index is 0.128. The van der Waals surface area contributed by atoms with Crippen LogP contribution in [0, 0.1) is 6.92 Å². The van der Waals surface area contributed by atoms with Crippen LogP contribution in [0.15, 0.2) is 29.2 Å². The summed E-state index contributed by atoms with van der Waals surface area (Å²) in [6.45, 7) is 3.70. The smallest absolute Gasteiger partial charge is 0.262 e. The Labute approximate surface area is 127 Å². The maximum atomic E-state index is 12.1. The number of aromatic nitrogens is 4. The van der Waals surface area contributed by atoms with E-state index in [9.17, 15) is 4.79 Å². The fourth-order valence-corrected chi connectivity index (χ4v) is 3.17. The van der Waals surface area contributed by atoms with Crippen molar-refractivity contribution >= 4 is 16.7 Å². The van der Waals surface area contributed by atoms with E-state index in [1.54, 1.807) is 17.9 Å². The molecule has 1 aliphatic heterocycles. The van der Waals surface area contributed by atoms with Crippen molar-refractivity contribution < 1.29 is 0 Å². The Morgan fingerprint density at radius 3 is 3.09 bits per heavy atom. The van der Waals surface area contributed by atoms with Crippen molar-refractivity contribution in [3.63, 3.8) is 0 Å². The van der Waals surface area contributed by atoms with Crippen LogP contribution in [-0.2, 0) is 20.0 Å². The SMILES string of the molecule is Cc1cccc2c1CCN2Cc1nc2c(cnn2C)c(=O)[nH]1. The molecule has 3 heterocycles. The van der Waals surface area contributed by atoms with Crippen molar-refractivity contribution in [3.05, 3.63) is 51.7 Å². The van der Waals surface area contributed by atoms with Crippen molar-refractivity contribution in [3.8, 4) is 0 Å². The summed E-state index contributed by atoms with van der Waals surface area (Å²) in [4.78, 5) is 21.8. The van der Waals surface area contributed by atoms with Crippen LogP contribution in [0.2, 0.25) is 0 Å². The van der Waals surface area contributed by atoms with E-state index in [0.29, 0.717) is 23.4 Å². The summed E-state index contributed by atoms with van der Waals surface area (Å²) >= 11 is 0. The maximum absolute atomic E-state index is 12.1. The maximum Gasteiger partial charge on any atom is 0.262 e. The molecule has 1 N–H and O–H groups in total. The summed E-state index contributed by atoms with van der Waals surface area (Å²) in [6, 6.07) is 6.35. The van der Waals surface area contributed by atoms with Gasteiger partial charge in [-0.1, -0.05) is 12.1 Å². The molecule has 0 saturated carbocycles. The number of benzene rings is 1. The lowest BCUT2D eigenvalue weighted by molar-refractivity contribution is 0.759. The van der Waals surface area contributed by atoms with Gasteiger partial charge in [0.1, 0.15) is 11.2 Å². The normalized spacial score (nSPS) is 13.8. The van der Waals surface area contributed by atoms with Crippen molar-refractivity contribution in [2.24, 2.45) is 7.05 Å². The zero-order valence-corrected chi connectivity index (χ0v) is 12.6. The number of nitrogens with zero attached hydrogens (tertiary/aromatic N) is 4. The van der Waals surface area contributed by atoms with E-state index in [1.165, 1.54) is 16.8 Å². The predicted molar refractivity (Wildman–Crippen MR) is 85.1 cm³/mol. The van der Waals surface area contributed by atoms with Crippen molar-refractivity contribution in [1.29, 1.82) is 0 Å². The number of rotatable bonds is 2. The van der Waals surface area contributed by atoms with Gasteiger partial charge in [0.2, 0.25) is 0 Å². The minimum Gasteiger partial charge on any atom is -0.363 e. The molecule has 3 aromatic rings. The van der Waals surface area contributed by atoms with Gasteiger partial charge in [0.05, 0.1) is 12.7 Å². The number of H-pyrrole nitrogens is 1. The van der Waals surface area contributed by atoms with Gasteiger partial charge in [-0.05, 0) is 30.5 Å². The molecule has 1 aliphatic rings. The third-order valence-electron chi connectivity index (χ3n) is 4.35. The van der Waals surface area contributed by atoms with Gasteiger partial charge in [-0.25, -0.2) is 4.98 Å². The largest absolute Gasteiger partial charge is 0.363 e. The molecular weight excluding hydrogens is 278 g/mol. The standard InChI is InChI=1S/C16H17N5O/c1-10-4-3-5-13-11(10)6-7-21(13)9-14-18-15-12(16(22)19-14)8-17-20(15)2/h3-5,8H,6-7,9H2,1-2H3,(H,18,19,22). The van der Waals surface area contributed by atoms with Gasteiger partial charge in [0.25, 0.3) is 5.56 Å². The summed E-state index contributed by atoms with van der Waals surface area (Å²) < 4.78 is 1.64. The highest BCUT2D eigenvalue weighted by Gasteiger charge is 2.21. The van der Waals surface area contributed by atoms with E-state index >= 15 is 0 Å². The Morgan fingerprint density at radius 1 is 1.36 bits per heavy atom. The predicted octanol–water partition coefficient (Wildman–Crippen LogP) is 1.53. The average molecular weight is 295 g/mol. The van der Waals surface area contributed by atoms with E-state index in [0.717, 1.165) is 13.0 Å². The van der Waals surface area contributed by atoms with E-state index in [1.807, 2.05) is 0 Å². The van der Waals surface area contributed by atoms with Gasteiger partial charge >= 0.3 is 0 Å². The molecule has 4 rings (SSSR count). The summed E-state index contributed by atoms with van der Waals surface area (Å²) in [5, 5.41) is 4.63. The molecule has 0 radical (unpaired) electrons. The molecule has 112 valence electrons. The molecule has 0 aliphatic carbocycles. The molecule has 0 spiro atoms. The second kappa shape index (κ2) is 4.69. The Balaban J connectivity index is 1.73. The third-order valence-corrected chi connectivity index (χ3v) is 4.35.